The fourth-order valence-corrected chi connectivity index (χ4v) is 2.83. The lowest BCUT2D eigenvalue weighted by atomic mass is 10.0. The van der Waals surface area contributed by atoms with E-state index in [2.05, 4.69) is 13.8 Å². The minimum Gasteiger partial charge on any atom is -0.481 e. The Morgan fingerprint density at radius 3 is 2.29 bits per heavy atom. The second-order valence-corrected chi connectivity index (χ2v) is 7.03. The van der Waals surface area contributed by atoms with E-state index in [9.17, 15) is 9.59 Å². The SMILES string of the molecule is Cc1cc(C(=O)N(CCC(C)C)C2CC2)cc(C)c1OCC(=O)O. The van der Waals surface area contributed by atoms with E-state index in [0.29, 0.717) is 23.3 Å². The minimum atomic E-state index is -1.01. The molecule has 132 valence electrons. The number of hydrogen-bond acceptors (Lipinski definition) is 3. The maximum atomic E-state index is 12.9. The number of nitrogens with zero attached hydrogens (tertiary/aromatic N) is 1. The summed E-state index contributed by atoms with van der Waals surface area (Å²) < 4.78 is 5.34. The number of carboxylic acids is 1. The van der Waals surface area contributed by atoms with Crippen molar-refractivity contribution in [3.63, 3.8) is 0 Å². The van der Waals surface area contributed by atoms with Gasteiger partial charge in [-0.1, -0.05) is 13.8 Å². The second kappa shape index (κ2) is 7.69. The van der Waals surface area contributed by atoms with Crippen molar-refractivity contribution >= 4 is 11.9 Å². The van der Waals surface area contributed by atoms with E-state index in [-0.39, 0.29) is 12.5 Å². The first kappa shape index (κ1) is 18.3. The zero-order valence-electron chi connectivity index (χ0n) is 15.0. The van der Waals surface area contributed by atoms with Crippen molar-refractivity contribution in [1.82, 2.24) is 4.90 Å². The van der Waals surface area contributed by atoms with Crippen LogP contribution in [0.1, 0.15) is 54.6 Å². The zero-order valence-corrected chi connectivity index (χ0v) is 15.0. The molecule has 24 heavy (non-hydrogen) atoms. The van der Waals surface area contributed by atoms with E-state index < -0.39 is 5.97 Å². The number of amides is 1. The van der Waals surface area contributed by atoms with Crippen LogP contribution in [0, 0.1) is 19.8 Å². The largest absolute Gasteiger partial charge is 0.481 e. The lowest BCUT2D eigenvalue weighted by Gasteiger charge is -2.24. The molecule has 0 aliphatic heterocycles. The maximum absolute atomic E-state index is 12.9. The van der Waals surface area contributed by atoms with Gasteiger partial charge in [0, 0.05) is 18.2 Å². The van der Waals surface area contributed by atoms with Crippen LogP contribution in [0.2, 0.25) is 0 Å². The third-order valence-corrected chi connectivity index (χ3v) is 4.24. The van der Waals surface area contributed by atoms with Crippen molar-refractivity contribution in [3.05, 3.63) is 28.8 Å². The van der Waals surface area contributed by atoms with Crippen LogP contribution in [0.15, 0.2) is 12.1 Å². The molecule has 0 unspecified atom stereocenters. The van der Waals surface area contributed by atoms with E-state index in [4.69, 9.17) is 9.84 Å². The Bertz CT molecular complexity index is 597. The molecule has 1 saturated carbocycles. The first-order valence-corrected chi connectivity index (χ1v) is 8.56. The average molecular weight is 333 g/mol. The van der Waals surface area contributed by atoms with Gasteiger partial charge in [0.2, 0.25) is 0 Å². The van der Waals surface area contributed by atoms with E-state index >= 15 is 0 Å². The first-order chi connectivity index (χ1) is 11.3. The highest BCUT2D eigenvalue weighted by Gasteiger charge is 2.33. The Kier molecular flexibility index (Phi) is 5.86. The molecule has 1 N–H and O–H groups in total. The van der Waals surface area contributed by atoms with E-state index in [1.807, 2.05) is 18.7 Å². The van der Waals surface area contributed by atoms with Crippen molar-refractivity contribution < 1.29 is 19.4 Å². The predicted molar refractivity (Wildman–Crippen MR) is 92.6 cm³/mol. The van der Waals surface area contributed by atoms with Gasteiger partial charge in [0.05, 0.1) is 0 Å². The molecule has 1 fully saturated rings. The van der Waals surface area contributed by atoms with Gasteiger partial charge in [0.1, 0.15) is 5.75 Å². The van der Waals surface area contributed by atoms with Gasteiger partial charge in [0.25, 0.3) is 5.91 Å². The van der Waals surface area contributed by atoms with Crippen molar-refractivity contribution in [2.75, 3.05) is 13.2 Å². The molecule has 5 nitrogen and oxygen atoms in total. The molecule has 0 heterocycles. The molecule has 0 atom stereocenters. The van der Waals surface area contributed by atoms with Crippen LogP contribution in [0.5, 0.6) is 5.75 Å². The summed E-state index contributed by atoms with van der Waals surface area (Å²) in [5.41, 5.74) is 2.24. The Labute approximate surface area is 143 Å². The highest BCUT2D eigenvalue weighted by Crippen LogP contribution is 2.31. The van der Waals surface area contributed by atoms with E-state index in [1.165, 1.54) is 0 Å². The molecule has 2 rings (SSSR count). The molecule has 1 aliphatic rings. The number of rotatable bonds is 8. The third kappa shape index (κ3) is 4.73. The molecule has 0 radical (unpaired) electrons. The summed E-state index contributed by atoms with van der Waals surface area (Å²) in [5.74, 6) is 0.167. The zero-order chi connectivity index (χ0) is 17.9. The van der Waals surface area contributed by atoms with Crippen LogP contribution in [-0.2, 0) is 4.79 Å². The van der Waals surface area contributed by atoms with Crippen LogP contribution in [0.25, 0.3) is 0 Å². The van der Waals surface area contributed by atoms with Gasteiger partial charge in [-0.3, -0.25) is 4.79 Å². The van der Waals surface area contributed by atoms with Crippen molar-refractivity contribution in [1.29, 1.82) is 0 Å². The molecule has 1 amide bonds. The van der Waals surface area contributed by atoms with Gasteiger partial charge in [-0.25, -0.2) is 4.79 Å². The van der Waals surface area contributed by atoms with Crippen LogP contribution in [-0.4, -0.2) is 41.1 Å². The van der Waals surface area contributed by atoms with E-state index in [1.54, 1.807) is 12.1 Å². The van der Waals surface area contributed by atoms with Crippen molar-refractivity contribution in [2.24, 2.45) is 5.92 Å². The standard InChI is InChI=1S/C19H27NO4/c1-12(2)7-8-20(16-5-6-16)19(23)15-9-13(3)18(14(4)10-15)24-11-17(21)22/h9-10,12,16H,5-8,11H2,1-4H3,(H,21,22). The summed E-state index contributed by atoms with van der Waals surface area (Å²) >= 11 is 0. The molecule has 0 bridgehead atoms. The van der Waals surface area contributed by atoms with Gasteiger partial charge in [-0.2, -0.15) is 0 Å². The fraction of sp³-hybridized carbons (Fsp3) is 0.579. The van der Waals surface area contributed by atoms with Crippen LogP contribution in [0.3, 0.4) is 0 Å². The Hall–Kier alpha value is -2.04. The van der Waals surface area contributed by atoms with Crippen LogP contribution < -0.4 is 4.74 Å². The molecule has 1 aromatic rings. The summed E-state index contributed by atoms with van der Waals surface area (Å²) in [4.78, 5) is 25.6. The van der Waals surface area contributed by atoms with E-state index in [0.717, 1.165) is 36.9 Å². The Morgan fingerprint density at radius 1 is 1.25 bits per heavy atom. The number of hydrogen-bond donors (Lipinski definition) is 1. The third-order valence-electron chi connectivity index (χ3n) is 4.24. The minimum absolute atomic E-state index is 0.0640. The lowest BCUT2D eigenvalue weighted by Crippen LogP contribution is -2.34. The molecule has 0 saturated heterocycles. The molecule has 1 aromatic carbocycles. The van der Waals surface area contributed by atoms with Gasteiger partial charge in [0.15, 0.2) is 6.61 Å². The number of carboxylic acid groups (broad SMARTS) is 1. The molecule has 0 spiro atoms. The van der Waals surface area contributed by atoms with Gasteiger partial charge in [-0.05, 0) is 62.3 Å². The molecule has 0 aromatic heterocycles. The number of carbonyl (C=O) groups is 2. The number of ether oxygens (including phenoxy) is 1. The normalized spacial score (nSPS) is 13.9. The van der Waals surface area contributed by atoms with Gasteiger partial charge < -0.3 is 14.7 Å². The molecular weight excluding hydrogens is 306 g/mol. The summed E-state index contributed by atoms with van der Waals surface area (Å²) in [7, 11) is 0. The number of benzene rings is 1. The topological polar surface area (TPSA) is 66.8 Å². The number of aryl methyl sites for hydroxylation is 2. The highest BCUT2D eigenvalue weighted by atomic mass is 16.5. The Balaban J connectivity index is 2.17. The number of aliphatic carboxylic acids is 1. The molecule has 1 aliphatic carbocycles. The quantitative estimate of drug-likeness (QED) is 0.791. The summed E-state index contributed by atoms with van der Waals surface area (Å²) in [6.07, 6.45) is 3.17. The molecular formula is C19H27NO4. The van der Waals surface area contributed by atoms with Crippen LogP contribution >= 0.6 is 0 Å². The smallest absolute Gasteiger partial charge is 0.341 e. The van der Waals surface area contributed by atoms with Gasteiger partial charge in [-0.15, -0.1) is 0 Å². The fourth-order valence-electron chi connectivity index (χ4n) is 2.83. The lowest BCUT2D eigenvalue weighted by molar-refractivity contribution is -0.139. The van der Waals surface area contributed by atoms with Crippen molar-refractivity contribution in [2.45, 2.75) is 53.0 Å². The van der Waals surface area contributed by atoms with Gasteiger partial charge >= 0.3 is 5.97 Å². The summed E-state index contributed by atoms with van der Waals surface area (Å²) in [6, 6.07) is 3.98. The first-order valence-electron chi connectivity index (χ1n) is 8.56. The van der Waals surface area contributed by atoms with Crippen LogP contribution in [0.4, 0.5) is 0 Å². The maximum Gasteiger partial charge on any atom is 0.341 e. The highest BCUT2D eigenvalue weighted by molar-refractivity contribution is 5.95. The average Bonchev–Trinajstić information content (AvgIpc) is 3.30. The summed E-state index contributed by atoms with van der Waals surface area (Å²) in [6.45, 7) is 8.43. The summed E-state index contributed by atoms with van der Waals surface area (Å²) in [5, 5.41) is 8.76. The van der Waals surface area contributed by atoms with Crippen molar-refractivity contribution in [3.8, 4) is 5.75 Å². The number of carbonyl (C=O) groups excluding carboxylic acids is 1. The predicted octanol–water partition coefficient (Wildman–Crippen LogP) is 3.42. The Morgan fingerprint density at radius 2 is 1.83 bits per heavy atom. The molecule has 5 heteroatoms. The second-order valence-electron chi connectivity index (χ2n) is 7.03. The monoisotopic (exact) mass is 333 g/mol.